The summed E-state index contributed by atoms with van der Waals surface area (Å²) in [4.78, 5) is 20.2. The normalized spacial score (nSPS) is 11.6. The van der Waals surface area contributed by atoms with Crippen molar-refractivity contribution < 1.29 is 9.53 Å². The molecule has 0 fully saturated rings. The molecule has 2 aromatic rings. The van der Waals surface area contributed by atoms with Gasteiger partial charge in [0.1, 0.15) is 5.82 Å². The molecule has 0 radical (unpaired) electrons. The van der Waals surface area contributed by atoms with Crippen LogP contribution in [0.3, 0.4) is 0 Å². The van der Waals surface area contributed by atoms with Gasteiger partial charge in [-0.3, -0.25) is 0 Å². The summed E-state index contributed by atoms with van der Waals surface area (Å²) in [5.74, 6) is 0.434. The molecule has 20 heavy (non-hydrogen) atoms. The summed E-state index contributed by atoms with van der Waals surface area (Å²) in [6.07, 6.45) is 2.61. The van der Waals surface area contributed by atoms with E-state index in [2.05, 4.69) is 9.97 Å². The summed E-state index contributed by atoms with van der Waals surface area (Å²) >= 11 is 0. The molecular formula is C15H17N3O2. The number of esters is 1. The van der Waals surface area contributed by atoms with Gasteiger partial charge in [0.15, 0.2) is 12.4 Å². The number of hydrogen-bond donors (Lipinski definition) is 1. The lowest BCUT2D eigenvalue weighted by Gasteiger charge is -2.06. The minimum atomic E-state index is -0.359. The molecule has 1 aromatic carbocycles. The van der Waals surface area contributed by atoms with Crippen molar-refractivity contribution in [1.82, 2.24) is 9.97 Å². The maximum Gasteiger partial charge on any atom is 0.333 e. The predicted octanol–water partition coefficient (Wildman–Crippen LogP) is 2.61. The van der Waals surface area contributed by atoms with Crippen LogP contribution in [0.15, 0.2) is 35.9 Å². The second kappa shape index (κ2) is 6.14. The topological polar surface area (TPSA) is 78.1 Å². The van der Waals surface area contributed by atoms with Crippen LogP contribution >= 0.6 is 0 Å². The maximum atomic E-state index is 11.7. The third-order valence-electron chi connectivity index (χ3n) is 2.84. The lowest BCUT2D eigenvalue weighted by atomic mass is 10.2. The third kappa shape index (κ3) is 3.12. The van der Waals surface area contributed by atoms with Gasteiger partial charge in [-0.25, -0.2) is 14.8 Å². The molecule has 0 saturated heterocycles. The van der Waals surface area contributed by atoms with E-state index in [9.17, 15) is 4.79 Å². The van der Waals surface area contributed by atoms with Crippen LogP contribution in [0, 0.1) is 0 Å². The van der Waals surface area contributed by atoms with Crippen molar-refractivity contribution in [2.24, 2.45) is 0 Å². The number of aromatic nitrogens is 2. The van der Waals surface area contributed by atoms with Gasteiger partial charge in [-0.05, 0) is 25.5 Å². The Hall–Kier alpha value is -2.43. The zero-order valence-electron chi connectivity index (χ0n) is 11.6. The first-order valence-electron chi connectivity index (χ1n) is 6.46. The number of anilines is 1. The highest BCUT2D eigenvalue weighted by molar-refractivity contribution is 5.88. The number of hydrogen-bond acceptors (Lipinski definition) is 5. The molecule has 0 aliphatic heterocycles. The van der Waals surface area contributed by atoms with Crippen molar-refractivity contribution in [3.63, 3.8) is 0 Å². The minimum absolute atomic E-state index is 0.0166. The van der Waals surface area contributed by atoms with E-state index in [0.29, 0.717) is 17.2 Å². The van der Waals surface area contributed by atoms with Crippen molar-refractivity contribution in [2.75, 3.05) is 5.73 Å². The first kappa shape index (κ1) is 14.0. The number of nitrogen functional groups attached to an aromatic ring is 1. The molecule has 1 aromatic heterocycles. The summed E-state index contributed by atoms with van der Waals surface area (Å²) in [7, 11) is 0. The molecular weight excluding hydrogens is 254 g/mol. The fourth-order valence-electron chi connectivity index (χ4n) is 1.85. The van der Waals surface area contributed by atoms with Gasteiger partial charge in [0.05, 0.1) is 5.52 Å². The van der Waals surface area contributed by atoms with E-state index >= 15 is 0 Å². The molecule has 0 saturated carbocycles. The number of benzene rings is 1. The van der Waals surface area contributed by atoms with Crippen molar-refractivity contribution in [2.45, 2.75) is 26.9 Å². The lowest BCUT2D eigenvalue weighted by Crippen LogP contribution is -2.09. The number of carbonyl (C=O) groups excluding carboxylic acids is 1. The van der Waals surface area contributed by atoms with Gasteiger partial charge >= 0.3 is 5.97 Å². The average Bonchev–Trinajstić information content (AvgIpc) is 2.45. The molecule has 0 atom stereocenters. The van der Waals surface area contributed by atoms with Gasteiger partial charge in [-0.2, -0.15) is 0 Å². The molecule has 0 aliphatic rings. The van der Waals surface area contributed by atoms with Crippen molar-refractivity contribution >= 4 is 22.7 Å². The minimum Gasteiger partial charge on any atom is -0.454 e. The lowest BCUT2D eigenvalue weighted by molar-refractivity contribution is -0.140. The van der Waals surface area contributed by atoms with Gasteiger partial charge in [0, 0.05) is 11.0 Å². The Kier molecular flexibility index (Phi) is 4.30. The number of carbonyl (C=O) groups is 1. The number of para-hydroxylation sites is 1. The Morgan fingerprint density at radius 3 is 2.85 bits per heavy atom. The van der Waals surface area contributed by atoms with Crippen molar-refractivity contribution in [1.29, 1.82) is 0 Å². The Morgan fingerprint density at radius 2 is 2.10 bits per heavy atom. The van der Waals surface area contributed by atoms with Gasteiger partial charge < -0.3 is 10.5 Å². The summed E-state index contributed by atoms with van der Waals surface area (Å²) < 4.78 is 5.16. The molecule has 0 spiro atoms. The van der Waals surface area contributed by atoms with Gasteiger partial charge in [-0.1, -0.05) is 25.1 Å². The molecule has 0 unspecified atom stereocenters. The number of allylic oxidation sites excluding steroid dienone is 1. The van der Waals surface area contributed by atoms with Crippen LogP contribution in [0.1, 0.15) is 26.1 Å². The van der Waals surface area contributed by atoms with Crippen molar-refractivity contribution in [3.05, 3.63) is 41.7 Å². The van der Waals surface area contributed by atoms with Crippen LogP contribution in [0.25, 0.3) is 10.9 Å². The third-order valence-corrected chi connectivity index (χ3v) is 2.84. The SMILES string of the molecule is CC/C=C(\C)C(=O)OCc1nc(N)c2ccccc2n1. The molecule has 0 amide bonds. The second-order valence-corrected chi connectivity index (χ2v) is 4.41. The van der Waals surface area contributed by atoms with E-state index in [1.807, 2.05) is 37.3 Å². The highest BCUT2D eigenvalue weighted by atomic mass is 16.5. The monoisotopic (exact) mass is 271 g/mol. The molecule has 0 bridgehead atoms. The average molecular weight is 271 g/mol. The maximum absolute atomic E-state index is 11.7. The fourth-order valence-corrected chi connectivity index (χ4v) is 1.85. The highest BCUT2D eigenvalue weighted by Gasteiger charge is 2.09. The molecule has 1 heterocycles. The zero-order valence-corrected chi connectivity index (χ0v) is 11.6. The quantitative estimate of drug-likeness (QED) is 0.683. The number of ether oxygens (including phenoxy) is 1. The van der Waals surface area contributed by atoms with Gasteiger partial charge in [0.2, 0.25) is 0 Å². The first-order chi connectivity index (χ1) is 9.61. The molecule has 2 rings (SSSR count). The van der Waals surface area contributed by atoms with E-state index < -0.39 is 0 Å². The fraction of sp³-hybridized carbons (Fsp3) is 0.267. The zero-order chi connectivity index (χ0) is 14.5. The van der Waals surface area contributed by atoms with E-state index in [-0.39, 0.29) is 12.6 Å². The Bertz CT molecular complexity index is 665. The van der Waals surface area contributed by atoms with Crippen LogP contribution in [0.5, 0.6) is 0 Å². The Labute approximate surface area is 117 Å². The smallest absolute Gasteiger partial charge is 0.333 e. The number of nitrogens with two attached hydrogens (primary N) is 1. The van der Waals surface area contributed by atoms with Crippen LogP contribution in [-0.2, 0) is 16.1 Å². The van der Waals surface area contributed by atoms with E-state index in [4.69, 9.17) is 10.5 Å². The standard InChI is InChI=1S/C15H17N3O2/c1-3-6-10(2)15(19)20-9-13-17-12-8-5-4-7-11(12)14(16)18-13/h4-8H,3,9H2,1-2H3,(H2,16,17,18)/b10-6+. The molecule has 5 nitrogen and oxygen atoms in total. The van der Waals surface area contributed by atoms with E-state index in [1.54, 1.807) is 6.92 Å². The molecule has 2 N–H and O–H groups in total. The summed E-state index contributed by atoms with van der Waals surface area (Å²) in [6, 6.07) is 7.45. The number of fused-ring (bicyclic) bond motifs is 1. The number of nitrogens with zero attached hydrogens (tertiary/aromatic N) is 2. The van der Waals surface area contributed by atoms with Gasteiger partial charge in [-0.15, -0.1) is 0 Å². The first-order valence-corrected chi connectivity index (χ1v) is 6.46. The Morgan fingerprint density at radius 1 is 1.35 bits per heavy atom. The van der Waals surface area contributed by atoms with Crippen LogP contribution in [0.4, 0.5) is 5.82 Å². The summed E-state index contributed by atoms with van der Waals surface area (Å²) in [6.45, 7) is 3.70. The molecule has 104 valence electrons. The highest BCUT2D eigenvalue weighted by Crippen LogP contribution is 2.17. The van der Waals surface area contributed by atoms with Crippen LogP contribution in [0.2, 0.25) is 0 Å². The second-order valence-electron chi connectivity index (χ2n) is 4.41. The van der Waals surface area contributed by atoms with Crippen LogP contribution < -0.4 is 5.73 Å². The summed E-state index contributed by atoms with van der Waals surface area (Å²) in [5.41, 5.74) is 7.19. The van der Waals surface area contributed by atoms with E-state index in [0.717, 1.165) is 17.3 Å². The summed E-state index contributed by atoms with van der Waals surface area (Å²) in [5, 5.41) is 0.796. The van der Waals surface area contributed by atoms with Crippen molar-refractivity contribution in [3.8, 4) is 0 Å². The van der Waals surface area contributed by atoms with Crippen LogP contribution in [-0.4, -0.2) is 15.9 Å². The molecule has 0 aliphatic carbocycles. The Balaban J connectivity index is 2.15. The number of rotatable bonds is 4. The predicted molar refractivity (Wildman–Crippen MR) is 77.8 cm³/mol. The molecule has 5 heteroatoms. The largest absolute Gasteiger partial charge is 0.454 e. The van der Waals surface area contributed by atoms with Gasteiger partial charge in [0.25, 0.3) is 0 Å². The van der Waals surface area contributed by atoms with E-state index in [1.165, 1.54) is 0 Å².